The fourth-order valence-corrected chi connectivity index (χ4v) is 2.02. The molecule has 82 valence electrons. The number of hydrogen-bond acceptors (Lipinski definition) is 4. The molecule has 0 unspecified atom stereocenters. The number of alkyl halides is 3. The lowest BCUT2D eigenvalue weighted by Gasteiger charge is -2.37. The first-order chi connectivity index (χ1) is 6.33. The van der Waals surface area contributed by atoms with Crippen molar-refractivity contribution in [2.45, 2.75) is 10.9 Å². The lowest BCUT2D eigenvalue weighted by Crippen LogP contribution is -2.52. The molecule has 0 aromatic carbocycles. The minimum atomic E-state index is -4.29. The van der Waals surface area contributed by atoms with Gasteiger partial charge < -0.3 is 4.74 Å². The van der Waals surface area contributed by atoms with Crippen molar-refractivity contribution in [1.29, 1.82) is 0 Å². The Morgan fingerprint density at radius 3 is 2.36 bits per heavy atom. The van der Waals surface area contributed by atoms with Crippen molar-refractivity contribution < 1.29 is 22.8 Å². The molecule has 0 N–H and O–H groups in total. The van der Waals surface area contributed by atoms with E-state index >= 15 is 0 Å². The Kier molecular flexibility index (Phi) is 3.25. The summed E-state index contributed by atoms with van der Waals surface area (Å²) in [4.78, 5) is 9.58. The van der Waals surface area contributed by atoms with E-state index in [1.54, 1.807) is 0 Å². The number of ether oxygens (including phenoxy) is 1. The first-order valence-electron chi connectivity index (χ1n) is 3.73. The third-order valence-electron chi connectivity index (χ3n) is 1.69. The second kappa shape index (κ2) is 3.93. The predicted octanol–water partition coefficient (Wildman–Crippen LogP) is 1.33. The van der Waals surface area contributed by atoms with E-state index in [0.717, 1.165) is 0 Å². The Labute approximate surface area is 81.9 Å². The maximum Gasteiger partial charge on any atom is 0.397 e. The molecule has 14 heavy (non-hydrogen) atoms. The molecular weight excluding hydrogens is 223 g/mol. The first kappa shape index (κ1) is 11.6. The van der Waals surface area contributed by atoms with Gasteiger partial charge in [-0.25, -0.2) is 0 Å². The maximum atomic E-state index is 11.9. The van der Waals surface area contributed by atoms with Crippen LogP contribution in [0.3, 0.4) is 0 Å². The van der Waals surface area contributed by atoms with Crippen LogP contribution in [0.1, 0.15) is 0 Å². The molecule has 8 heteroatoms. The van der Waals surface area contributed by atoms with Gasteiger partial charge in [-0.2, -0.15) is 13.2 Å². The summed E-state index contributed by atoms with van der Waals surface area (Å²) in [5.74, 6) is -1.07. The zero-order valence-corrected chi connectivity index (χ0v) is 7.86. The molecule has 1 saturated heterocycles. The number of nitro groups is 1. The highest BCUT2D eigenvalue weighted by molar-refractivity contribution is 8.00. The Hall–Kier alpha value is -0.500. The number of rotatable bonds is 4. The van der Waals surface area contributed by atoms with Crippen molar-refractivity contribution >= 4 is 11.8 Å². The van der Waals surface area contributed by atoms with Crippen LogP contribution >= 0.6 is 11.8 Å². The summed E-state index contributed by atoms with van der Waals surface area (Å²) in [6.07, 6.45) is -4.29. The molecule has 0 amide bonds. The molecule has 0 bridgehead atoms. The summed E-state index contributed by atoms with van der Waals surface area (Å²) in [6.45, 7) is -0.433. The molecule has 1 rings (SSSR count). The molecule has 1 fully saturated rings. The van der Waals surface area contributed by atoms with Gasteiger partial charge in [0.2, 0.25) is 6.54 Å². The molecule has 0 saturated carbocycles. The van der Waals surface area contributed by atoms with E-state index in [2.05, 4.69) is 0 Å². The topological polar surface area (TPSA) is 52.4 Å². The first-order valence-corrected chi connectivity index (χ1v) is 4.72. The summed E-state index contributed by atoms with van der Waals surface area (Å²) in [7, 11) is 0. The van der Waals surface area contributed by atoms with Crippen LogP contribution in [0.2, 0.25) is 0 Å². The molecule has 4 nitrogen and oxygen atoms in total. The van der Waals surface area contributed by atoms with Gasteiger partial charge in [0.15, 0.2) is 0 Å². The van der Waals surface area contributed by atoms with Crippen molar-refractivity contribution in [2.24, 2.45) is 0 Å². The van der Waals surface area contributed by atoms with E-state index < -0.39 is 28.1 Å². The number of hydrogen-bond donors (Lipinski definition) is 0. The Bertz CT molecular complexity index is 229. The van der Waals surface area contributed by atoms with Gasteiger partial charge in [0.1, 0.15) is 4.75 Å². The van der Waals surface area contributed by atoms with Gasteiger partial charge in [-0.1, -0.05) is 0 Å². The lowest BCUT2D eigenvalue weighted by molar-refractivity contribution is -0.490. The van der Waals surface area contributed by atoms with Crippen LogP contribution in [0.4, 0.5) is 13.2 Å². The molecular formula is C6H8F3NO3S. The Morgan fingerprint density at radius 1 is 1.50 bits per heavy atom. The van der Waals surface area contributed by atoms with Crippen LogP contribution in [0.25, 0.3) is 0 Å². The third kappa shape index (κ3) is 3.33. The summed E-state index contributed by atoms with van der Waals surface area (Å²) in [5.41, 5.74) is 0. The zero-order chi connectivity index (χ0) is 10.8. The van der Waals surface area contributed by atoms with Crippen LogP contribution in [0.5, 0.6) is 0 Å². The van der Waals surface area contributed by atoms with Crippen LogP contribution < -0.4 is 0 Å². The molecule has 1 aliphatic heterocycles. The lowest BCUT2D eigenvalue weighted by atomic mass is 10.1. The van der Waals surface area contributed by atoms with Crippen molar-refractivity contribution in [2.75, 3.05) is 25.5 Å². The molecule has 0 atom stereocenters. The van der Waals surface area contributed by atoms with Crippen molar-refractivity contribution in [3.8, 4) is 0 Å². The highest BCUT2D eigenvalue weighted by Gasteiger charge is 2.46. The van der Waals surface area contributed by atoms with Crippen LogP contribution in [-0.4, -0.2) is 41.4 Å². The van der Waals surface area contributed by atoms with Crippen molar-refractivity contribution in [1.82, 2.24) is 0 Å². The number of halogens is 3. The number of nitrogens with zero attached hydrogens (tertiary/aromatic N) is 1. The molecule has 0 spiro atoms. The zero-order valence-electron chi connectivity index (χ0n) is 7.04. The minimum absolute atomic E-state index is 0.0225. The fourth-order valence-electron chi connectivity index (χ4n) is 1.02. The van der Waals surface area contributed by atoms with Gasteiger partial charge in [-0.15, -0.1) is 11.8 Å². The van der Waals surface area contributed by atoms with Gasteiger partial charge in [0, 0.05) is 4.92 Å². The fraction of sp³-hybridized carbons (Fsp3) is 1.00. The van der Waals surface area contributed by atoms with E-state index in [1.807, 2.05) is 0 Å². The Balaban J connectivity index is 2.42. The van der Waals surface area contributed by atoms with E-state index in [-0.39, 0.29) is 13.2 Å². The SMILES string of the molecule is O=[N+]([O-])CC1(SCC(F)(F)F)COC1. The molecule has 0 aliphatic carbocycles. The van der Waals surface area contributed by atoms with Gasteiger partial charge in [-0.3, -0.25) is 10.1 Å². The quantitative estimate of drug-likeness (QED) is 0.541. The normalized spacial score (nSPS) is 20.2. The van der Waals surface area contributed by atoms with E-state index in [9.17, 15) is 23.3 Å². The molecule has 0 aromatic rings. The predicted molar refractivity (Wildman–Crippen MR) is 43.9 cm³/mol. The van der Waals surface area contributed by atoms with Gasteiger partial charge in [0.25, 0.3) is 0 Å². The largest absolute Gasteiger partial charge is 0.397 e. The van der Waals surface area contributed by atoms with Gasteiger partial charge in [-0.05, 0) is 0 Å². The highest BCUT2D eigenvalue weighted by Crippen LogP contribution is 2.37. The monoisotopic (exact) mass is 231 g/mol. The van der Waals surface area contributed by atoms with E-state index in [0.29, 0.717) is 11.8 Å². The van der Waals surface area contributed by atoms with Crippen LogP contribution in [0, 0.1) is 10.1 Å². The van der Waals surface area contributed by atoms with E-state index in [1.165, 1.54) is 0 Å². The average molecular weight is 231 g/mol. The summed E-state index contributed by atoms with van der Waals surface area (Å²) < 4.78 is 39.3. The average Bonchev–Trinajstić information content (AvgIpc) is 1.92. The van der Waals surface area contributed by atoms with Crippen molar-refractivity contribution in [3.05, 3.63) is 10.1 Å². The summed E-state index contributed by atoms with van der Waals surface area (Å²) in [5, 5.41) is 10.2. The molecule has 0 aromatic heterocycles. The second-order valence-corrected chi connectivity index (χ2v) is 4.51. The summed E-state index contributed by atoms with van der Waals surface area (Å²) in [6, 6.07) is 0. The highest BCUT2D eigenvalue weighted by atomic mass is 32.2. The second-order valence-electron chi connectivity index (χ2n) is 3.07. The maximum absolute atomic E-state index is 11.9. The smallest absolute Gasteiger partial charge is 0.378 e. The van der Waals surface area contributed by atoms with Crippen molar-refractivity contribution in [3.63, 3.8) is 0 Å². The summed E-state index contributed by atoms with van der Waals surface area (Å²) >= 11 is 0.554. The van der Waals surface area contributed by atoms with Gasteiger partial charge in [0.05, 0.1) is 19.0 Å². The molecule has 1 heterocycles. The molecule has 0 radical (unpaired) electrons. The minimum Gasteiger partial charge on any atom is -0.378 e. The molecule has 1 aliphatic rings. The third-order valence-corrected chi connectivity index (χ3v) is 3.14. The van der Waals surface area contributed by atoms with E-state index in [4.69, 9.17) is 4.74 Å². The standard InChI is InChI=1S/C6H8F3NO3S/c7-6(8,9)4-14-5(1-10(11)12)2-13-3-5/h1-4H2. The Morgan fingerprint density at radius 2 is 2.07 bits per heavy atom. The van der Waals surface area contributed by atoms with Gasteiger partial charge >= 0.3 is 6.18 Å². The van der Waals surface area contributed by atoms with Crippen LogP contribution in [-0.2, 0) is 4.74 Å². The van der Waals surface area contributed by atoms with Crippen LogP contribution in [0.15, 0.2) is 0 Å². The number of thioether (sulfide) groups is 1.